The van der Waals surface area contributed by atoms with Crippen LogP contribution in [-0.4, -0.2) is 57.4 Å². The molecule has 7 nitrogen and oxygen atoms in total. The summed E-state index contributed by atoms with van der Waals surface area (Å²) in [5.74, 6) is 3.26. The molecule has 1 saturated heterocycles. The minimum absolute atomic E-state index is 0.0852. The lowest BCUT2D eigenvalue weighted by Crippen LogP contribution is -2.38. The summed E-state index contributed by atoms with van der Waals surface area (Å²) < 4.78 is 22.4. The number of ether oxygens (including phenoxy) is 4. The van der Waals surface area contributed by atoms with Gasteiger partial charge in [0.2, 0.25) is 5.91 Å². The third-order valence-corrected chi connectivity index (χ3v) is 5.61. The summed E-state index contributed by atoms with van der Waals surface area (Å²) in [7, 11) is 1.64. The summed E-state index contributed by atoms with van der Waals surface area (Å²) >= 11 is 0. The number of hydrogen-bond donors (Lipinski definition) is 1. The van der Waals surface area contributed by atoms with E-state index >= 15 is 0 Å². The van der Waals surface area contributed by atoms with Crippen molar-refractivity contribution in [2.75, 3.05) is 46.6 Å². The molecule has 2 aromatic rings. The summed E-state index contributed by atoms with van der Waals surface area (Å²) in [6.45, 7) is 3.50. The van der Waals surface area contributed by atoms with Crippen molar-refractivity contribution >= 4 is 5.91 Å². The third kappa shape index (κ3) is 5.41. The van der Waals surface area contributed by atoms with Crippen LogP contribution in [0.1, 0.15) is 30.9 Å². The number of methoxy groups -OCH3 is 1. The Balaban J connectivity index is 1.25. The van der Waals surface area contributed by atoms with Crippen LogP contribution < -0.4 is 24.3 Å². The van der Waals surface area contributed by atoms with Crippen LogP contribution in [0, 0.1) is 0 Å². The van der Waals surface area contributed by atoms with Crippen molar-refractivity contribution in [3.8, 4) is 23.0 Å². The van der Waals surface area contributed by atoms with Crippen LogP contribution in [0.4, 0.5) is 0 Å². The zero-order valence-electron chi connectivity index (χ0n) is 18.0. The Labute approximate surface area is 183 Å². The number of hydrogen-bond acceptors (Lipinski definition) is 6. The first kappa shape index (κ1) is 21.3. The second-order valence-corrected chi connectivity index (χ2v) is 7.70. The van der Waals surface area contributed by atoms with Crippen molar-refractivity contribution in [1.82, 2.24) is 10.2 Å². The summed E-state index contributed by atoms with van der Waals surface area (Å²) in [6.07, 6.45) is 2.85. The number of likely N-dealkylation sites (tertiary alicyclic amines) is 1. The van der Waals surface area contributed by atoms with Crippen molar-refractivity contribution in [1.29, 1.82) is 0 Å². The zero-order chi connectivity index (χ0) is 21.5. The first-order valence-corrected chi connectivity index (χ1v) is 10.9. The number of carbonyl (C=O) groups is 1. The molecule has 2 aromatic carbocycles. The molecular weight excluding hydrogens is 396 g/mol. The molecule has 7 heteroatoms. The molecule has 0 spiro atoms. The van der Waals surface area contributed by atoms with Crippen molar-refractivity contribution in [3.63, 3.8) is 0 Å². The molecule has 4 rings (SSSR count). The largest absolute Gasteiger partial charge is 0.497 e. The summed E-state index contributed by atoms with van der Waals surface area (Å²) in [6, 6.07) is 13.6. The standard InChI is InChI=1S/C24H30N2O5/c1-28-19-6-8-20(9-7-19)29-15-11-25-17-24(27)26-12-2-4-21(26)18-5-10-22-23(16-18)31-14-3-13-30-22/h5-10,16,21,25H,2-4,11-15,17H2,1H3. The van der Waals surface area contributed by atoms with Crippen LogP contribution in [0.5, 0.6) is 23.0 Å². The second kappa shape index (κ2) is 10.4. The fourth-order valence-electron chi connectivity index (χ4n) is 4.01. The van der Waals surface area contributed by atoms with Gasteiger partial charge in [0.1, 0.15) is 18.1 Å². The smallest absolute Gasteiger partial charge is 0.237 e. The molecule has 1 amide bonds. The number of rotatable bonds is 8. The van der Waals surface area contributed by atoms with Gasteiger partial charge in [0, 0.05) is 19.5 Å². The van der Waals surface area contributed by atoms with Gasteiger partial charge in [0.05, 0.1) is 32.9 Å². The van der Waals surface area contributed by atoms with E-state index in [2.05, 4.69) is 11.4 Å². The molecule has 166 valence electrons. The minimum atomic E-state index is 0.0852. The SMILES string of the molecule is COc1ccc(OCCNCC(=O)N2CCCC2c2ccc3c(c2)OCCCO3)cc1. The molecule has 0 radical (unpaired) electrons. The number of carbonyl (C=O) groups excluding carboxylic acids is 1. The lowest BCUT2D eigenvalue weighted by atomic mass is 10.0. The highest BCUT2D eigenvalue weighted by molar-refractivity contribution is 5.79. The highest BCUT2D eigenvalue weighted by Gasteiger charge is 2.30. The van der Waals surface area contributed by atoms with Crippen LogP contribution in [0.3, 0.4) is 0 Å². The molecule has 2 aliphatic rings. The minimum Gasteiger partial charge on any atom is -0.497 e. The summed E-state index contributed by atoms with van der Waals surface area (Å²) in [5.41, 5.74) is 1.11. The van der Waals surface area contributed by atoms with Crippen LogP contribution in [-0.2, 0) is 4.79 Å². The Hall–Kier alpha value is -2.93. The van der Waals surface area contributed by atoms with Gasteiger partial charge in [-0.3, -0.25) is 4.79 Å². The molecular formula is C24H30N2O5. The molecule has 0 aromatic heterocycles. The van der Waals surface area contributed by atoms with Crippen molar-refractivity contribution < 1.29 is 23.7 Å². The molecule has 2 aliphatic heterocycles. The van der Waals surface area contributed by atoms with Crippen molar-refractivity contribution in [3.05, 3.63) is 48.0 Å². The maximum Gasteiger partial charge on any atom is 0.237 e. The maximum absolute atomic E-state index is 12.8. The van der Waals surface area contributed by atoms with Crippen molar-refractivity contribution in [2.24, 2.45) is 0 Å². The fourth-order valence-corrected chi connectivity index (χ4v) is 4.01. The van der Waals surface area contributed by atoms with E-state index in [0.29, 0.717) is 32.9 Å². The number of nitrogens with zero attached hydrogens (tertiary/aromatic N) is 1. The predicted molar refractivity (Wildman–Crippen MR) is 117 cm³/mol. The van der Waals surface area contributed by atoms with Gasteiger partial charge in [0.15, 0.2) is 11.5 Å². The molecule has 0 bridgehead atoms. The van der Waals surface area contributed by atoms with E-state index in [1.165, 1.54) is 0 Å². The van der Waals surface area contributed by atoms with Crippen molar-refractivity contribution in [2.45, 2.75) is 25.3 Å². The number of fused-ring (bicyclic) bond motifs is 1. The molecule has 1 fully saturated rings. The van der Waals surface area contributed by atoms with Crippen LogP contribution in [0.2, 0.25) is 0 Å². The number of amides is 1. The quantitative estimate of drug-likeness (QED) is 0.654. The fraction of sp³-hybridized carbons (Fsp3) is 0.458. The molecule has 1 N–H and O–H groups in total. The van der Waals surface area contributed by atoms with Gasteiger partial charge in [-0.05, 0) is 54.8 Å². The Morgan fingerprint density at radius 3 is 2.65 bits per heavy atom. The van der Waals surface area contributed by atoms with Gasteiger partial charge >= 0.3 is 0 Å². The lowest BCUT2D eigenvalue weighted by molar-refractivity contribution is -0.131. The predicted octanol–water partition coefficient (Wildman–Crippen LogP) is 3.19. The topological polar surface area (TPSA) is 69.3 Å². The zero-order valence-corrected chi connectivity index (χ0v) is 18.0. The van der Waals surface area contributed by atoms with Gasteiger partial charge in [-0.1, -0.05) is 6.07 Å². The normalized spacial score (nSPS) is 17.8. The first-order valence-electron chi connectivity index (χ1n) is 10.9. The number of benzene rings is 2. The van der Waals surface area contributed by atoms with E-state index < -0.39 is 0 Å². The molecule has 0 aliphatic carbocycles. The van der Waals surface area contributed by atoms with E-state index in [9.17, 15) is 4.79 Å². The number of nitrogens with one attached hydrogen (secondary N) is 1. The van der Waals surface area contributed by atoms with E-state index in [1.807, 2.05) is 41.3 Å². The molecule has 1 unspecified atom stereocenters. The van der Waals surface area contributed by atoms with Crippen LogP contribution in [0.25, 0.3) is 0 Å². The average molecular weight is 427 g/mol. The summed E-state index contributed by atoms with van der Waals surface area (Å²) in [5, 5.41) is 3.20. The second-order valence-electron chi connectivity index (χ2n) is 7.70. The molecule has 0 saturated carbocycles. The van der Waals surface area contributed by atoms with E-state index in [1.54, 1.807) is 7.11 Å². The average Bonchev–Trinajstić information content (AvgIpc) is 3.18. The molecule has 2 heterocycles. The van der Waals surface area contributed by atoms with Gasteiger partial charge in [-0.2, -0.15) is 0 Å². The Bertz CT molecular complexity index is 871. The summed E-state index contributed by atoms with van der Waals surface area (Å²) in [4.78, 5) is 14.8. The Kier molecular flexibility index (Phi) is 7.14. The van der Waals surface area contributed by atoms with E-state index in [0.717, 1.165) is 54.4 Å². The monoisotopic (exact) mass is 426 g/mol. The lowest BCUT2D eigenvalue weighted by Gasteiger charge is -2.26. The Morgan fingerprint density at radius 1 is 1.06 bits per heavy atom. The van der Waals surface area contributed by atoms with E-state index in [-0.39, 0.29) is 11.9 Å². The highest BCUT2D eigenvalue weighted by atomic mass is 16.5. The van der Waals surface area contributed by atoms with Gasteiger partial charge in [0.25, 0.3) is 0 Å². The molecule has 31 heavy (non-hydrogen) atoms. The maximum atomic E-state index is 12.8. The third-order valence-electron chi connectivity index (χ3n) is 5.61. The highest BCUT2D eigenvalue weighted by Crippen LogP contribution is 2.37. The van der Waals surface area contributed by atoms with Gasteiger partial charge < -0.3 is 29.2 Å². The molecule has 1 atom stereocenters. The first-order chi connectivity index (χ1) is 15.2. The van der Waals surface area contributed by atoms with Gasteiger partial charge in [-0.15, -0.1) is 0 Å². The Morgan fingerprint density at radius 2 is 1.84 bits per heavy atom. The van der Waals surface area contributed by atoms with Crippen LogP contribution >= 0.6 is 0 Å². The van der Waals surface area contributed by atoms with E-state index in [4.69, 9.17) is 18.9 Å². The van der Waals surface area contributed by atoms with Crippen LogP contribution in [0.15, 0.2) is 42.5 Å². The van der Waals surface area contributed by atoms with Gasteiger partial charge in [-0.25, -0.2) is 0 Å².